The lowest BCUT2D eigenvalue weighted by Crippen LogP contribution is -2.26. The maximum atomic E-state index is 14.0. The second-order valence-corrected chi connectivity index (χ2v) is 5.89. The van der Waals surface area contributed by atoms with Gasteiger partial charge in [-0.2, -0.15) is 0 Å². The number of nitrogen functional groups attached to an aromatic ring is 1. The fourth-order valence-corrected chi connectivity index (χ4v) is 3.07. The topological polar surface area (TPSA) is 53.1 Å². The summed E-state index contributed by atoms with van der Waals surface area (Å²) in [4.78, 5) is 2.33. The number of hydrogen-bond acceptors (Lipinski definition) is 2. The Morgan fingerprint density at radius 2 is 2.10 bits per heavy atom. The van der Waals surface area contributed by atoms with Crippen molar-refractivity contribution in [1.29, 1.82) is 5.41 Å². The molecule has 0 aliphatic carbocycles. The molecule has 4 heteroatoms. The standard InChI is InChI=1S/C16H24FN3/c1-3-16(4-2)7-8-20(11-16)10-13-6-5-12(15(18)19)9-14(13)17/h5-6,9H,3-4,7-8,10-11H2,1-2H3,(H3,18,19). The van der Waals surface area contributed by atoms with Crippen LogP contribution in [0.1, 0.15) is 44.2 Å². The molecule has 1 aliphatic heterocycles. The average Bonchev–Trinajstić information content (AvgIpc) is 2.85. The van der Waals surface area contributed by atoms with Gasteiger partial charge in [-0.25, -0.2) is 4.39 Å². The van der Waals surface area contributed by atoms with Crippen LogP contribution in [-0.2, 0) is 6.54 Å². The number of hydrogen-bond donors (Lipinski definition) is 2. The van der Waals surface area contributed by atoms with Crippen LogP contribution in [0.4, 0.5) is 4.39 Å². The molecule has 0 atom stereocenters. The average molecular weight is 277 g/mol. The first kappa shape index (κ1) is 15.0. The summed E-state index contributed by atoms with van der Waals surface area (Å²) in [5.41, 5.74) is 6.93. The molecule has 110 valence electrons. The summed E-state index contributed by atoms with van der Waals surface area (Å²) in [5, 5.41) is 7.33. The first-order chi connectivity index (χ1) is 9.49. The number of benzene rings is 1. The molecule has 1 fully saturated rings. The highest BCUT2D eigenvalue weighted by Gasteiger charge is 2.34. The van der Waals surface area contributed by atoms with Crippen molar-refractivity contribution < 1.29 is 4.39 Å². The molecule has 0 amide bonds. The number of rotatable bonds is 5. The molecule has 2 rings (SSSR count). The van der Waals surface area contributed by atoms with Crippen LogP contribution in [0.5, 0.6) is 0 Å². The number of amidine groups is 1. The van der Waals surface area contributed by atoms with Gasteiger partial charge in [-0.1, -0.05) is 26.0 Å². The van der Waals surface area contributed by atoms with E-state index in [0.717, 1.165) is 13.1 Å². The lowest BCUT2D eigenvalue weighted by Gasteiger charge is -2.26. The number of nitrogens with zero attached hydrogens (tertiary/aromatic N) is 1. The van der Waals surface area contributed by atoms with E-state index in [9.17, 15) is 4.39 Å². The molecule has 0 radical (unpaired) electrons. The maximum absolute atomic E-state index is 14.0. The predicted molar refractivity (Wildman–Crippen MR) is 80.3 cm³/mol. The molecule has 1 saturated heterocycles. The number of likely N-dealkylation sites (tertiary alicyclic amines) is 1. The van der Waals surface area contributed by atoms with Gasteiger partial charge in [0.1, 0.15) is 11.7 Å². The molecule has 1 aromatic rings. The van der Waals surface area contributed by atoms with Crippen molar-refractivity contribution in [2.75, 3.05) is 13.1 Å². The zero-order valence-corrected chi connectivity index (χ0v) is 12.4. The van der Waals surface area contributed by atoms with Crippen LogP contribution in [-0.4, -0.2) is 23.8 Å². The van der Waals surface area contributed by atoms with Crippen molar-refractivity contribution in [3.8, 4) is 0 Å². The summed E-state index contributed by atoms with van der Waals surface area (Å²) in [6.07, 6.45) is 3.57. The molecule has 3 N–H and O–H groups in total. The van der Waals surface area contributed by atoms with Crippen molar-refractivity contribution in [1.82, 2.24) is 4.90 Å². The third kappa shape index (κ3) is 3.01. The van der Waals surface area contributed by atoms with Gasteiger partial charge in [-0.05, 0) is 37.3 Å². The van der Waals surface area contributed by atoms with Gasteiger partial charge in [0, 0.05) is 24.2 Å². The number of nitrogens with one attached hydrogen (secondary N) is 1. The Labute approximate surface area is 120 Å². The first-order valence-corrected chi connectivity index (χ1v) is 7.35. The zero-order valence-electron chi connectivity index (χ0n) is 12.4. The summed E-state index contributed by atoms with van der Waals surface area (Å²) in [5.74, 6) is -0.351. The van der Waals surface area contributed by atoms with Crippen molar-refractivity contribution >= 4 is 5.84 Å². The Morgan fingerprint density at radius 1 is 1.40 bits per heavy atom. The van der Waals surface area contributed by atoms with Crippen LogP contribution in [0.3, 0.4) is 0 Å². The van der Waals surface area contributed by atoms with E-state index >= 15 is 0 Å². The molecule has 3 nitrogen and oxygen atoms in total. The molecule has 1 aliphatic rings. The van der Waals surface area contributed by atoms with Gasteiger partial charge in [-0.15, -0.1) is 0 Å². The fourth-order valence-electron chi connectivity index (χ4n) is 3.07. The number of nitrogens with two attached hydrogens (primary N) is 1. The van der Waals surface area contributed by atoms with Gasteiger partial charge in [-0.3, -0.25) is 10.3 Å². The Morgan fingerprint density at radius 3 is 2.60 bits per heavy atom. The van der Waals surface area contributed by atoms with E-state index < -0.39 is 0 Å². The zero-order chi connectivity index (χ0) is 14.8. The Bertz CT molecular complexity index is 494. The SMILES string of the molecule is CCC1(CC)CCN(Cc2ccc(C(=N)N)cc2F)C1. The predicted octanol–water partition coefficient (Wildman–Crippen LogP) is 3.12. The summed E-state index contributed by atoms with van der Waals surface area (Å²) < 4.78 is 14.0. The molecule has 20 heavy (non-hydrogen) atoms. The quantitative estimate of drug-likeness (QED) is 0.642. The van der Waals surface area contributed by atoms with Crippen molar-refractivity contribution in [2.45, 2.75) is 39.7 Å². The highest BCUT2D eigenvalue weighted by atomic mass is 19.1. The Hall–Kier alpha value is -1.42. The molecule has 0 bridgehead atoms. The Balaban J connectivity index is 2.06. The molecular formula is C16H24FN3. The summed E-state index contributed by atoms with van der Waals surface area (Å²) in [6.45, 7) is 7.22. The van der Waals surface area contributed by atoms with E-state index in [4.69, 9.17) is 11.1 Å². The Kier molecular flexibility index (Phi) is 4.43. The van der Waals surface area contributed by atoms with E-state index in [1.165, 1.54) is 25.3 Å². The van der Waals surface area contributed by atoms with Crippen LogP contribution in [0.2, 0.25) is 0 Å². The van der Waals surface area contributed by atoms with E-state index in [2.05, 4.69) is 18.7 Å². The van der Waals surface area contributed by atoms with Crippen molar-refractivity contribution in [2.24, 2.45) is 11.1 Å². The van der Waals surface area contributed by atoms with Crippen LogP contribution in [0.15, 0.2) is 18.2 Å². The molecular weight excluding hydrogens is 253 g/mol. The van der Waals surface area contributed by atoms with Gasteiger partial charge in [0.2, 0.25) is 0 Å². The second kappa shape index (κ2) is 5.92. The van der Waals surface area contributed by atoms with Gasteiger partial charge in [0.05, 0.1) is 0 Å². The minimum absolute atomic E-state index is 0.0902. The van der Waals surface area contributed by atoms with Crippen molar-refractivity contribution in [3.63, 3.8) is 0 Å². The lowest BCUT2D eigenvalue weighted by atomic mass is 9.82. The largest absolute Gasteiger partial charge is 0.384 e. The van der Waals surface area contributed by atoms with Gasteiger partial charge in [0.25, 0.3) is 0 Å². The summed E-state index contributed by atoms with van der Waals surface area (Å²) >= 11 is 0. The normalized spacial score (nSPS) is 18.4. The first-order valence-electron chi connectivity index (χ1n) is 7.35. The highest BCUT2D eigenvalue weighted by Crippen LogP contribution is 2.37. The van der Waals surface area contributed by atoms with Crippen LogP contribution in [0.25, 0.3) is 0 Å². The van der Waals surface area contributed by atoms with E-state index in [-0.39, 0.29) is 11.7 Å². The van der Waals surface area contributed by atoms with Crippen LogP contribution < -0.4 is 5.73 Å². The summed E-state index contributed by atoms with van der Waals surface area (Å²) in [7, 11) is 0. The minimum Gasteiger partial charge on any atom is -0.384 e. The molecule has 0 spiro atoms. The van der Waals surface area contributed by atoms with E-state index in [1.807, 2.05) is 0 Å². The number of halogens is 1. The molecule has 0 saturated carbocycles. The molecule has 1 heterocycles. The molecule has 0 aromatic heterocycles. The third-order valence-corrected chi connectivity index (χ3v) is 4.78. The van der Waals surface area contributed by atoms with Gasteiger partial charge in [0.15, 0.2) is 0 Å². The maximum Gasteiger partial charge on any atom is 0.128 e. The highest BCUT2D eigenvalue weighted by molar-refractivity contribution is 5.94. The smallest absolute Gasteiger partial charge is 0.128 e. The molecule has 1 aromatic carbocycles. The fraction of sp³-hybridized carbons (Fsp3) is 0.562. The van der Waals surface area contributed by atoms with E-state index in [0.29, 0.717) is 23.1 Å². The summed E-state index contributed by atoms with van der Waals surface area (Å²) in [6, 6.07) is 4.84. The van der Waals surface area contributed by atoms with Crippen LogP contribution >= 0.6 is 0 Å². The van der Waals surface area contributed by atoms with E-state index in [1.54, 1.807) is 12.1 Å². The van der Waals surface area contributed by atoms with Gasteiger partial charge < -0.3 is 5.73 Å². The monoisotopic (exact) mass is 277 g/mol. The molecule has 0 unspecified atom stereocenters. The van der Waals surface area contributed by atoms with Crippen molar-refractivity contribution in [3.05, 3.63) is 35.1 Å². The van der Waals surface area contributed by atoms with Crippen LogP contribution in [0, 0.1) is 16.6 Å². The minimum atomic E-state index is -0.261. The second-order valence-electron chi connectivity index (χ2n) is 5.89. The lowest BCUT2D eigenvalue weighted by molar-refractivity contribution is 0.234. The third-order valence-electron chi connectivity index (χ3n) is 4.78. The van der Waals surface area contributed by atoms with Gasteiger partial charge >= 0.3 is 0 Å².